The van der Waals surface area contributed by atoms with E-state index in [2.05, 4.69) is 17.9 Å². The molecule has 0 saturated heterocycles. The van der Waals surface area contributed by atoms with Gasteiger partial charge in [-0.25, -0.2) is 0 Å². The third kappa shape index (κ3) is 7.06. The van der Waals surface area contributed by atoms with Gasteiger partial charge >= 0.3 is 7.48 Å². The second kappa shape index (κ2) is 10.9. The van der Waals surface area contributed by atoms with Crippen LogP contribution in [0, 0.1) is 6.92 Å². The number of likely N-dealkylation sites (N-methyl/N-ethyl adjacent to an activating group) is 1. The molecule has 0 bridgehead atoms. The van der Waals surface area contributed by atoms with Crippen LogP contribution in [0.4, 0.5) is 5.69 Å². The van der Waals surface area contributed by atoms with E-state index in [9.17, 15) is 9.59 Å². The molecule has 0 aliphatic heterocycles. The number of thiol groups is 1. The fraction of sp³-hybridized carbons (Fsp3) is 0.478. The largest absolute Gasteiger partial charge is 0.428 e. The Morgan fingerprint density at radius 1 is 1.23 bits per heavy atom. The van der Waals surface area contributed by atoms with Gasteiger partial charge in [0.2, 0.25) is 0 Å². The van der Waals surface area contributed by atoms with E-state index in [0.717, 1.165) is 17.4 Å². The number of hydrogen-bond donors (Lipinski definition) is 2. The fourth-order valence-corrected chi connectivity index (χ4v) is 2.30. The summed E-state index contributed by atoms with van der Waals surface area (Å²) in [5.41, 5.74) is 1.89. The zero-order valence-corrected chi connectivity index (χ0v) is 20.3. The third-order valence-electron chi connectivity index (χ3n) is 5.09. The lowest BCUT2D eigenvalue weighted by atomic mass is 9.81. The monoisotopic (exact) mass is 429 g/mol. The van der Waals surface area contributed by atoms with Crippen LogP contribution in [0.1, 0.15) is 46.6 Å². The summed E-state index contributed by atoms with van der Waals surface area (Å²) in [6.45, 7) is 11.8. The number of rotatable bonds is 9. The number of anilines is 1. The molecule has 1 aromatic rings. The highest BCUT2D eigenvalue weighted by Crippen LogP contribution is 2.30. The van der Waals surface area contributed by atoms with Gasteiger partial charge in [0.25, 0.3) is 11.8 Å². The van der Waals surface area contributed by atoms with Crippen LogP contribution in [0.25, 0.3) is 0 Å². The highest BCUT2D eigenvalue weighted by atomic mass is 32.1. The zero-order chi connectivity index (χ0) is 23.1. The van der Waals surface area contributed by atoms with E-state index in [-0.39, 0.29) is 16.2 Å². The van der Waals surface area contributed by atoms with Gasteiger partial charge < -0.3 is 14.9 Å². The quantitative estimate of drug-likeness (QED) is 0.157. The molecule has 0 saturated carbocycles. The first-order chi connectivity index (χ1) is 13.8. The van der Waals surface area contributed by atoms with Crippen molar-refractivity contribution in [3.63, 3.8) is 0 Å². The Balaban J connectivity index is 3.09. The van der Waals surface area contributed by atoms with E-state index < -0.39 is 11.5 Å². The Bertz CT molecular complexity index is 824. The van der Waals surface area contributed by atoms with E-state index >= 15 is 0 Å². The van der Waals surface area contributed by atoms with E-state index in [0.29, 0.717) is 5.69 Å². The van der Waals surface area contributed by atoms with Gasteiger partial charge in [-0.2, -0.15) is 12.6 Å². The summed E-state index contributed by atoms with van der Waals surface area (Å²) in [7, 11) is 4.93. The standard InChI is InChI=1S/C23H34BN2O3S/c1-9-10-11-13-17(21(28)26(7)8)20(27)25-19-15-12-14-18(16(19)2)24-29-22(3,4)23(5,6)30/h10-15,30H,9H2,1-8H3,(H,25,27)/b11-10+,17-13-. The first kappa shape index (κ1) is 26.1. The summed E-state index contributed by atoms with van der Waals surface area (Å²) >= 11 is 4.62. The maximum absolute atomic E-state index is 12.9. The summed E-state index contributed by atoms with van der Waals surface area (Å²) in [5, 5.41) is 2.86. The maximum Gasteiger partial charge on any atom is 0.331 e. The van der Waals surface area contributed by atoms with Crippen molar-refractivity contribution in [2.75, 3.05) is 19.4 Å². The summed E-state index contributed by atoms with van der Waals surface area (Å²) < 4.78 is 5.66. The molecule has 0 heterocycles. The minimum atomic E-state index is -0.499. The molecule has 1 N–H and O–H groups in total. The molecule has 0 aromatic heterocycles. The molecule has 1 rings (SSSR count). The van der Waals surface area contributed by atoms with Crippen molar-refractivity contribution in [2.24, 2.45) is 0 Å². The Morgan fingerprint density at radius 3 is 2.40 bits per heavy atom. The van der Waals surface area contributed by atoms with Crippen molar-refractivity contribution in [1.82, 2.24) is 4.90 Å². The summed E-state index contributed by atoms with van der Waals surface area (Å²) in [4.78, 5) is 26.7. The Labute approximate surface area is 187 Å². The lowest BCUT2D eigenvalue weighted by molar-refractivity contribution is -0.127. The number of benzene rings is 1. The van der Waals surface area contributed by atoms with Gasteiger partial charge in [-0.05, 0) is 64.2 Å². The maximum atomic E-state index is 12.9. The van der Waals surface area contributed by atoms with E-state index in [1.54, 1.807) is 39.8 Å². The molecular formula is C23H34BN2O3S. The summed E-state index contributed by atoms with van der Waals surface area (Å²) in [5.74, 6) is -0.804. The van der Waals surface area contributed by atoms with Gasteiger partial charge in [0.15, 0.2) is 0 Å². The van der Waals surface area contributed by atoms with Gasteiger partial charge in [-0.1, -0.05) is 31.2 Å². The van der Waals surface area contributed by atoms with Crippen LogP contribution in [0.3, 0.4) is 0 Å². The van der Waals surface area contributed by atoms with Gasteiger partial charge in [0, 0.05) is 24.5 Å². The summed E-state index contributed by atoms with van der Waals surface area (Å²) in [6, 6.07) is 5.56. The molecule has 1 aromatic carbocycles. The van der Waals surface area contributed by atoms with Gasteiger partial charge in [-0.15, -0.1) is 0 Å². The van der Waals surface area contributed by atoms with Crippen molar-refractivity contribution in [3.8, 4) is 0 Å². The van der Waals surface area contributed by atoms with E-state index in [4.69, 9.17) is 4.65 Å². The predicted molar refractivity (Wildman–Crippen MR) is 130 cm³/mol. The molecule has 2 amide bonds. The number of allylic oxidation sites excluding steroid dienone is 3. The second-order valence-corrected chi connectivity index (χ2v) is 9.51. The topological polar surface area (TPSA) is 58.6 Å². The van der Waals surface area contributed by atoms with Crippen molar-refractivity contribution >= 4 is 43.1 Å². The molecule has 0 spiro atoms. The molecule has 0 aliphatic rings. The Kier molecular flexibility index (Phi) is 9.44. The number of carbonyl (C=O) groups is 2. The molecule has 163 valence electrons. The van der Waals surface area contributed by atoms with Crippen molar-refractivity contribution < 1.29 is 14.2 Å². The predicted octanol–water partition coefficient (Wildman–Crippen LogP) is 3.66. The highest BCUT2D eigenvalue weighted by molar-refractivity contribution is 7.81. The lowest BCUT2D eigenvalue weighted by Crippen LogP contribution is -2.46. The van der Waals surface area contributed by atoms with Crippen molar-refractivity contribution in [2.45, 2.75) is 58.3 Å². The molecule has 0 unspecified atom stereocenters. The second-order valence-electron chi connectivity index (χ2n) is 8.40. The van der Waals surface area contributed by atoms with Crippen LogP contribution in [-0.2, 0) is 14.2 Å². The van der Waals surface area contributed by atoms with Crippen molar-refractivity contribution in [1.29, 1.82) is 0 Å². The molecular weight excluding hydrogens is 395 g/mol. The van der Waals surface area contributed by atoms with Crippen LogP contribution >= 0.6 is 12.6 Å². The average molecular weight is 429 g/mol. The summed E-state index contributed by atoms with van der Waals surface area (Å²) in [6.07, 6.45) is 5.98. The molecule has 30 heavy (non-hydrogen) atoms. The number of hydrogen-bond acceptors (Lipinski definition) is 4. The minimum absolute atomic E-state index is 0.0766. The minimum Gasteiger partial charge on any atom is -0.428 e. The van der Waals surface area contributed by atoms with Gasteiger partial charge in [0.05, 0.1) is 5.60 Å². The van der Waals surface area contributed by atoms with Gasteiger partial charge in [-0.3, -0.25) is 9.59 Å². The molecule has 7 heteroatoms. The van der Waals surface area contributed by atoms with E-state index in [1.165, 1.54) is 4.90 Å². The smallest absolute Gasteiger partial charge is 0.331 e. The first-order valence-corrected chi connectivity index (χ1v) is 10.5. The molecule has 0 fully saturated rings. The van der Waals surface area contributed by atoms with Crippen LogP contribution in [0.5, 0.6) is 0 Å². The number of carbonyl (C=O) groups excluding carboxylic acids is 2. The Hall–Kier alpha value is -1.99. The zero-order valence-electron chi connectivity index (χ0n) is 19.4. The molecule has 0 atom stereocenters. The van der Waals surface area contributed by atoms with Crippen LogP contribution in [0.2, 0.25) is 0 Å². The van der Waals surface area contributed by atoms with Crippen molar-refractivity contribution in [3.05, 3.63) is 47.6 Å². The number of nitrogens with zero attached hydrogens (tertiary/aromatic N) is 1. The lowest BCUT2D eigenvalue weighted by Gasteiger charge is -2.38. The van der Waals surface area contributed by atoms with Crippen LogP contribution < -0.4 is 10.8 Å². The number of amides is 2. The highest BCUT2D eigenvalue weighted by Gasteiger charge is 2.34. The van der Waals surface area contributed by atoms with Gasteiger partial charge in [0.1, 0.15) is 5.57 Å². The number of nitrogens with one attached hydrogen (secondary N) is 1. The molecule has 1 radical (unpaired) electrons. The van der Waals surface area contributed by atoms with Crippen LogP contribution in [0.15, 0.2) is 42.0 Å². The van der Waals surface area contributed by atoms with E-state index in [1.807, 2.05) is 59.8 Å². The first-order valence-electron chi connectivity index (χ1n) is 10.0. The molecule has 5 nitrogen and oxygen atoms in total. The third-order valence-corrected chi connectivity index (χ3v) is 5.63. The van der Waals surface area contributed by atoms with Crippen LogP contribution in [-0.4, -0.2) is 48.6 Å². The molecule has 0 aliphatic carbocycles. The average Bonchev–Trinajstić information content (AvgIpc) is 2.64. The Morgan fingerprint density at radius 2 is 1.87 bits per heavy atom. The SMILES string of the molecule is CC/C=C/C=C(/C(=O)Nc1cccc([B]OC(C)(C)C(C)(C)S)c1C)C(=O)N(C)C. The fourth-order valence-electron chi connectivity index (χ4n) is 2.25. The normalized spacial score (nSPS) is 12.8.